The van der Waals surface area contributed by atoms with Crippen LogP contribution in [-0.4, -0.2) is 24.0 Å². The molecule has 17 heavy (non-hydrogen) atoms. The predicted octanol–water partition coefficient (Wildman–Crippen LogP) is 1.82. The summed E-state index contributed by atoms with van der Waals surface area (Å²) in [7, 11) is 0. The number of nitrogens with zero attached hydrogens (tertiary/aromatic N) is 1. The van der Waals surface area contributed by atoms with Gasteiger partial charge in [-0.1, -0.05) is 0 Å². The molecule has 0 saturated carbocycles. The van der Waals surface area contributed by atoms with Crippen molar-refractivity contribution in [2.75, 3.05) is 6.54 Å². The normalized spacial score (nSPS) is 13.9. The van der Waals surface area contributed by atoms with Crippen LogP contribution in [0.1, 0.15) is 48.0 Å². The monoisotopic (exact) mass is 239 g/mol. The van der Waals surface area contributed by atoms with E-state index in [0.717, 1.165) is 6.42 Å². The average molecular weight is 239 g/mol. The Labute approximate surface area is 105 Å². The third-order valence-corrected chi connectivity index (χ3v) is 2.39. The van der Waals surface area contributed by atoms with Gasteiger partial charge in [-0.05, 0) is 54.5 Å². The van der Waals surface area contributed by atoms with Crippen molar-refractivity contribution in [1.82, 2.24) is 10.6 Å². The van der Waals surface area contributed by atoms with E-state index in [1.165, 1.54) is 0 Å². The van der Waals surface area contributed by atoms with E-state index in [1.807, 2.05) is 41.5 Å². The quantitative estimate of drug-likeness (QED) is 0.769. The van der Waals surface area contributed by atoms with Crippen LogP contribution in [0.3, 0.4) is 0 Å². The summed E-state index contributed by atoms with van der Waals surface area (Å²) in [5.74, 6) is -0.00716. The molecule has 0 aliphatic heterocycles. The summed E-state index contributed by atoms with van der Waals surface area (Å²) in [4.78, 5) is 11.7. The minimum Gasteiger partial charge on any atom is -0.350 e. The summed E-state index contributed by atoms with van der Waals surface area (Å²) in [6.45, 7) is 12.2. The maximum absolute atomic E-state index is 11.7. The van der Waals surface area contributed by atoms with E-state index in [0.29, 0.717) is 6.54 Å². The van der Waals surface area contributed by atoms with Gasteiger partial charge in [0.15, 0.2) is 0 Å². The van der Waals surface area contributed by atoms with Gasteiger partial charge in [0.05, 0.1) is 17.5 Å². The fourth-order valence-corrected chi connectivity index (χ4v) is 1.23. The van der Waals surface area contributed by atoms with Crippen LogP contribution in [0.5, 0.6) is 0 Å². The van der Waals surface area contributed by atoms with Crippen LogP contribution in [0.2, 0.25) is 0 Å². The molecule has 0 rings (SSSR count). The van der Waals surface area contributed by atoms with E-state index < -0.39 is 0 Å². The number of nitrogens with one attached hydrogen (secondary N) is 2. The molecule has 0 spiro atoms. The third-order valence-electron chi connectivity index (χ3n) is 2.39. The van der Waals surface area contributed by atoms with Gasteiger partial charge in [0.1, 0.15) is 0 Å². The first-order chi connectivity index (χ1) is 7.57. The number of nitriles is 1. The number of amides is 1. The molecule has 0 aliphatic rings. The van der Waals surface area contributed by atoms with Gasteiger partial charge in [-0.2, -0.15) is 5.26 Å². The summed E-state index contributed by atoms with van der Waals surface area (Å²) in [5.41, 5.74) is -0.549. The molecule has 0 radical (unpaired) electrons. The Morgan fingerprint density at radius 3 is 2.24 bits per heavy atom. The van der Waals surface area contributed by atoms with Crippen molar-refractivity contribution in [3.63, 3.8) is 0 Å². The second kappa shape index (κ2) is 6.02. The van der Waals surface area contributed by atoms with E-state index in [1.54, 1.807) is 0 Å². The molecule has 0 heterocycles. The highest BCUT2D eigenvalue weighted by Crippen LogP contribution is 2.17. The molecule has 1 amide bonds. The van der Waals surface area contributed by atoms with Crippen molar-refractivity contribution >= 4 is 5.91 Å². The minimum absolute atomic E-state index is 0.00716. The first-order valence-corrected chi connectivity index (χ1v) is 6.04. The zero-order chi connectivity index (χ0) is 13.7. The van der Waals surface area contributed by atoms with Gasteiger partial charge in [0.2, 0.25) is 5.91 Å². The van der Waals surface area contributed by atoms with Crippen LogP contribution in [-0.2, 0) is 4.79 Å². The van der Waals surface area contributed by atoms with E-state index in [9.17, 15) is 4.79 Å². The summed E-state index contributed by atoms with van der Waals surface area (Å²) in [5, 5.41) is 14.9. The summed E-state index contributed by atoms with van der Waals surface area (Å²) in [6, 6.07) is 2.01. The number of carbonyl (C=O) groups is 1. The summed E-state index contributed by atoms with van der Waals surface area (Å²) in [6.07, 6.45) is 0.733. The Balaban J connectivity index is 4.00. The van der Waals surface area contributed by atoms with Crippen LogP contribution < -0.4 is 10.6 Å². The van der Waals surface area contributed by atoms with Crippen molar-refractivity contribution in [3.8, 4) is 6.07 Å². The predicted molar refractivity (Wildman–Crippen MR) is 69.4 cm³/mol. The minimum atomic E-state index is -0.340. The highest BCUT2D eigenvalue weighted by molar-refractivity contribution is 5.81. The largest absolute Gasteiger partial charge is 0.350 e. The Kier molecular flexibility index (Phi) is 5.63. The first kappa shape index (κ1) is 15.9. The van der Waals surface area contributed by atoms with Gasteiger partial charge >= 0.3 is 0 Å². The summed E-state index contributed by atoms with van der Waals surface area (Å²) < 4.78 is 0. The molecule has 98 valence electrons. The van der Waals surface area contributed by atoms with Crippen molar-refractivity contribution in [1.29, 1.82) is 5.26 Å². The third kappa shape index (κ3) is 7.76. The molecular formula is C13H25N3O. The zero-order valence-corrected chi connectivity index (χ0v) is 11.8. The lowest BCUT2D eigenvalue weighted by Gasteiger charge is -2.24. The van der Waals surface area contributed by atoms with Crippen LogP contribution in [0.15, 0.2) is 0 Å². The van der Waals surface area contributed by atoms with Crippen molar-refractivity contribution in [2.24, 2.45) is 5.41 Å². The Morgan fingerprint density at radius 1 is 1.29 bits per heavy atom. The van der Waals surface area contributed by atoms with Crippen LogP contribution in [0.4, 0.5) is 0 Å². The maximum atomic E-state index is 11.7. The molecule has 0 bridgehead atoms. The topological polar surface area (TPSA) is 64.9 Å². The lowest BCUT2D eigenvalue weighted by Crippen LogP contribution is -2.49. The van der Waals surface area contributed by atoms with Crippen LogP contribution >= 0.6 is 0 Å². The number of hydrogen-bond donors (Lipinski definition) is 2. The standard InChI is InChI=1S/C13H25N3O/c1-10(11(17)16-12(2,3)4)15-8-7-13(5,6)9-14/h10,15H,7-8H2,1-6H3,(H,16,17). The first-order valence-electron chi connectivity index (χ1n) is 6.04. The highest BCUT2D eigenvalue weighted by Gasteiger charge is 2.20. The Bertz CT molecular complexity index is 297. The van der Waals surface area contributed by atoms with Crippen LogP contribution in [0, 0.1) is 16.7 Å². The van der Waals surface area contributed by atoms with E-state index >= 15 is 0 Å². The molecule has 1 unspecified atom stereocenters. The molecule has 0 aliphatic carbocycles. The summed E-state index contributed by atoms with van der Waals surface area (Å²) >= 11 is 0. The smallest absolute Gasteiger partial charge is 0.237 e. The molecule has 0 saturated heterocycles. The van der Waals surface area contributed by atoms with E-state index in [2.05, 4.69) is 16.7 Å². The van der Waals surface area contributed by atoms with E-state index in [4.69, 9.17) is 5.26 Å². The van der Waals surface area contributed by atoms with Gasteiger partial charge in [0.25, 0.3) is 0 Å². The lowest BCUT2D eigenvalue weighted by atomic mass is 9.91. The van der Waals surface area contributed by atoms with Crippen LogP contribution in [0.25, 0.3) is 0 Å². The molecule has 4 nitrogen and oxygen atoms in total. The molecule has 0 fully saturated rings. The fourth-order valence-electron chi connectivity index (χ4n) is 1.23. The number of carbonyl (C=O) groups excluding carboxylic acids is 1. The van der Waals surface area contributed by atoms with Gasteiger partial charge in [-0.15, -0.1) is 0 Å². The van der Waals surface area contributed by atoms with Crippen molar-refractivity contribution in [2.45, 2.75) is 59.5 Å². The van der Waals surface area contributed by atoms with Crippen molar-refractivity contribution in [3.05, 3.63) is 0 Å². The molecule has 0 aromatic heterocycles. The van der Waals surface area contributed by atoms with Gasteiger partial charge < -0.3 is 10.6 Å². The van der Waals surface area contributed by atoms with Crippen molar-refractivity contribution < 1.29 is 4.79 Å². The zero-order valence-electron chi connectivity index (χ0n) is 11.8. The molecule has 0 aromatic carbocycles. The number of rotatable bonds is 5. The van der Waals surface area contributed by atoms with E-state index in [-0.39, 0.29) is 22.9 Å². The maximum Gasteiger partial charge on any atom is 0.237 e. The molecule has 2 N–H and O–H groups in total. The second-order valence-electron chi connectivity index (χ2n) is 6.16. The SMILES string of the molecule is CC(NCCC(C)(C)C#N)C(=O)NC(C)(C)C. The highest BCUT2D eigenvalue weighted by atomic mass is 16.2. The average Bonchev–Trinajstić information content (AvgIpc) is 2.14. The van der Waals surface area contributed by atoms with Gasteiger partial charge in [0, 0.05) is 5.54 Å². The Hall–Kier alpha value is -1.08. The number of hydrogen-bond acceptors (Lipinski definition) is 3. The second-order valence-corrected chi connectivity index (χ2v) is 6.16. The molecular weight excluding hydrogens is 214 g/mol. The lowest BCUT2D eigenvalue weighted by molar-refractivity contribution is -0.124. The van der Waals surface area contributed by atoms with Gasteiger partial charge in [-0.25, -0.2) is 0 Å². The Morgan fingerprint density at radius 2 is 1.82 bits per heavy atom. The fraction of sp³-hybridized carbons (Fsp3) is 0.846. The molecule has 0 aromatic rings. The molecule has 4 heteroatoms. The molecule has 1 atom stereocenters. The van der Waals surface area contributed by atoms with Gasteiger partial charge in [-0.3, -0.25) is 4.79 Å².